The van der Waals surface area contributed by atoms with Crippen molar-refractivity contribution in [1.82, 2.24) is 0 Å². The molecule has 3 rings (SSSR count). The van der Waals surface area contributed by atoms with Crippen molar-refractivity contribution in [3.8, 4) is 0 Å². The number of allylic oxidation sites excluding steroid dienone is 1. The highest BCUT2D eigenvalue weighted by Crippen LogP contribution is 2.28. The van der Waals surface area contributed by atoms with Gasteiger partial charge in [0.2, 0.25) is 0 Å². The first-order valence-electron chi connectivity index (χ1n) is 8.09. The van der Waals surface area contributed by atoms with Gasteiger partial charge in [-0.3, -0.25) is 4.79 Å². The maximum Gasteiger partial charge on any atom is 0.280 e. The van der Waals surface area contributed by atoms with Crippen molar-refractivity contribution in [3.05, 3.63) is 75.3 Å². The van der Waals surface area contributed by atoms with Crippen LogP contribution in [0.3, 0.4) is 0 Å². The normalized spacial score (nSPS) is 15.8. The van der Waals surface area contributed by atoms with Gasteiger partial charge in [-0.1, -0.05) is 53.5 Å². The number of rotatable bonds is 4. The fourth-order valence-electron chi connectivity index (χ4n) is 2.84. The quantitative estimate of drug-likeness (QED) is 0.644. The maximum absolute atomic E-state index is 12.6. The van der Waals surface area contributed by atoms with Crippen LogP contribution in [0.1, 0.15) is 24.5 Å². The summed E-state index contributed by atoms with van der Waals surface area (Å²) in [7, 11) is 0. The summed E-state index contributed by atoms with van der Waals surface area (Å²) in [6.07, 6.45) is 3.15. The fraction of sp³-hybridized carbons (Fsp3) is 0.200. The van der Waals surface area contributed by atoms with E-state index in [9.17, 15) is 4.79 Å². The zero-order chi connectivity index (χ0) is 18.0. The Bertz CT molecular complexity index is 873. The Morgan fingerprint density at radius 3 is 2.48 bits per heavy atom. The summed E-state index contributed by atoms with van der Waals surface area (Å²) in [5, 5.41) is 7.30. The van der Waals surface area contributed by atoms with Crippen LogP contribution in [0.2, 0.25) is 10.0 Å². The lowest BCUT2D eigenvalue weighted by Gasteiger charge is -2.10. The molecule has 5 heteroatoms. The van der Waals surface area contributed by atoms with Crippen LogP contribution in [0, 0.1) is 6.92 Å². The van der Waals surface area contributed by atoms with Crippen LogP contribution in [0.5, 0.6) is 0 Å². The number of carbonyl (C=O) groups excluding carboxylic acids is 1. The molecule has 0 radical (unpaired) electrons. The molecule has 0 spiro atoms. The van der Waals surface area contributed by atoms with Gasteiger partial charge in [-0.25, -0.2) is 0 Å². The molecule has 1 aliphatic rings. The van der Waals surface area contributed by atoms with Crippen LogP contribution >= 0.6 is 23.2 Å². The van der Waals surface area contributed by atoms with Gasteiger partial charge in [0.25, 0.3) is 5.91 Å². The number of aryl methyl sites for hydroxylation is 2. The zero-order valence-corrected chi connectivity index (χ0v) is 15.6. The third kappa shape index (κ3) is 3.63. The number of anilines is 1. The number of hydrogen-bond donors (Lipinski definition) is 0. The van der Waals surface area contributed by atoms with E-state index in [2.05, 4.69) is 5.10 Å². The first-order valence-corrected chi connectivity index (χ1v) is 8.85. The molecule has 0 saturated heterocycles. The van der Waals surface area contributed by atoms with Gasteiger partial charge < -0.3 is 0 Å². The van der Waals surface area contributed by atoms with E-state index in [0.29, 0.717) is 28.5 Å². The molecule has 1 aliphatic heterocycles. The Hall–Kier alpha value is -2.10. The zero-order valence-electron chi connectivity index (χ0n) is 14.1. The van der Waals surface area contributed by atoms with Crippen LogP contribution in [0.4, 0.5) is 5.69 Å². The molecule has 0 N–H and O–H groups in total. The summed E-state index contributed by atoms with van der Waals surface area (Å²) >= 11 is 12.4. The van der Waals surface area contributed by atoms with E-state index in [-0.39, 0.29) is 5.91 Å². The van der Waals surface area contributed by atoms with Gasteiger partial charge in [-0.05, 0) is 56.0 Å². The van der Waals surface area contributed by atoms with Crippen molar-refractivity contribution in [2.75, 3.05) is 5.01 Å². The first kappa shape index (κ1) is 17.7. The third-order valence-corrected chi connectivity index (χ3v) is 4.96. The van der Waals surface area contributed by atoms with Gasteiger partial charge in [0.05, 0.1) is 17.0 Å². The molecule has 1 heterocycles. The molecular formula is C20H18Cl2N2O. The number of nitrogens with zero attached hydrogens (tertiary/aromatic N) is 2. The van der Waals surface area contributed by atoms with E-state index in [4.69, 9.17) is 23.2 Å². The Labute approximate surface area is 157 Å². The number of hydrazone groups is 1. The highest BCUT2D eigenvalue weighted by molar-refractivity contribution is 6.35. The number of benzene rings is 2. The Morgan fingerprint density at radius 1 is 1.08 bits per heavy atom. The second-order valence-corrected chi connectivity index (χ2v) is 6.71. The van der Waals surface area contributed by atoms with Crippen molar-refractivity contribution in [3.63, 3.8) is 0 Å². The van der Waals surface area contributed by atoms with Crippen LogP contribution < -0.4 is 5.01 Å². The van der Waals surface area contributed by atoms with E-state index in [1.165, 1.54) is 5.01 Å². The van der Waals surface area contributed by atoms with Gasteiger partial charge in [-0.2, -0.15) is 10.1 Å². The molecule has 25 heavy (non-hydrogen) atoms. The number of halogens is 2. The van der Waals surface area contributed by atoms with Crippen molar-refractivity contribution in [2.24, 2.45) is 5.10 Å². The largest absolute Gasteiger partial charge is 0.280 e. The summed E-state index contributed by atoms with van der Waals surface area (Å²) in [6.45, 7) is 3.81. The summed E-state index contributed by atoms with van der Waals surface area (Å²) in [4.78, 5) is 12.6. The molecule has 0 aliphatic carbocycles. The summed E-state index contributed by atoms with van der Waals surface area (Å²) in [5.41, 5.74) is 4.18. The molecule has 0 saturated carbocycles. The first-order chi connectivity index (χ1) is 12.0. The Balaban J connectivity index is 1.84. The van der Waals surface area contributed by atoms with E-state index in [1.807, 2.05) is 56.3 Å². The van der Waals surface area contributed by atoms with Crippen molar-refractivity contribution >= 4 is 40.5 Å². The standard InChI is InChI=1S/C20H18Cl2N2O/c1-3-16-19(10-9-14-11-13(2)17(21)12-18(14)22)23-24(20(16)25)15-7-5-4-6-8-15/h3-8,11-12H,9-10H2,1-2H3/b16-3+. The number of carbonyl (C=O) groups is 1. The molecule has 2 aromatic carbocycles. The summed E-state index contributed by atoms with van der Waals surface area (Å²) in [6, 6.07) is 13.2. The third-order valence-electron chi connectivity index (χ3n) is 4.20. The topological polar surface area (TPSA) is 32.7 Å². The van der Waals surface area contributed by atoms with Crippen LogP contribution in [-0.2, 0) is 11.2 Å². The minimum Gasteiger partial charge on any atom is -0.267 e. The molecule has 0 aromatic heterocycles. The molecule has 128 valence electrons. The molecule has 1 amide bonds. The van der Waals surface area contributed by atoms with Gasteiger partial charge in [-0.15, -0.1) is 0 Å². The maximum atomic E-state index is 12.6. The van der Waals surface area contributed by atoms with Crippen molar-refractivity contribution < 1.29 is 4.79 Å². The Morgan fingerprint density at radius 2 is 1.80 bits per heavy atom. The second-order valence-electron chi connectivity index (χ2n) is 5.89. The molecule has 3 nitrogen and oxygen atoms in total. The predicted octanol–water partition coefficient (Wildman–Crippen LogP) is 5.58. The number of para-hydroxylation sites is 1. The van der Waals surface area contributed by atoms with Crippen molar-refractivity contribution in [1.29, 1.82) is 0 Å². The van der Waals surface area contributed by atoms with Crippen LogP contribution in [0.15, 0.2) is 59.2 Å². The minimum atomic E-state index is -0.0953. The van der Waals surface area contributed by atoms with Crippen molar-refractivity contribution in [2.45, 2.75) is 26.7 Å². The lowest BCUT2D eigenvalue weighted by molar-refractivity contribution is -0.114. The molecule has 2 aromatic rings. The van der Waals surface area contributed by atoms with E-state index >= 15 is 0 Å². The average Bonchev–Trinajstić information content (AvgIpc) is 2.93. The van der Waals surface area contributed by atoms with Gasteiger partial charge >= 0.3 is 0 Å². The highest BCUT2D eigenvalue weighted by Gasteiger charge is 2.30. The highest BCUT2D eigenvalue weighted by atomic mass is 35.5. The van der Waals surface area contributed by atoms with E-state index in [1.54, 1.807) is 6.07 Å². The lowest BCUT2D eigenvalue weighted by atomic mass is 10.0. The van der Waals surface area contributed by atoms with Crippen LogP contribution in [-0.4, -0.2) is 11.6 Å². The number of hydrogen-bond acceptors (Lipinski definition) is 2. The number of amides is 1. The van der Waals surface area contributed by atoms with E-state index in [0.717, 1.165) is 22.5 Å². The fourth-order valence-corrected chi connectivity index (χ4v) is 3.32. The molecule has 0 fully saturated rings. The van der Waals surface area contributed by atoms with Crippen LogP contribution in [0.25, 0.3) is 0 Å². The molecule has 0 atom stereocenters. The molecular weight excluding hydrogens is 355 g/mol. The second kappa shape index (κ2) is 7.42. The smallest absolute Gasteiger partial charge is 0.267 e. The van der Waals surface area contributed by atoms with Gasteiger partial charge in [0, 0.05) is 10.0 Å². The Kier molecular flexibility index (Phi) is 5.26. The molecule has 0 bridgehead atoms. The summed E-state index contributed by atoms with van der Waals surface area (Å²) < 4.78 is 0. The SMILES string of the molecule is C/C=C1/C(=O)N(c2ccccc2)N=C1CCc1cc(C)c(Cl)cc1Cl. The minimum absolute atomic E-state index is 0.0953. The molecule has 0 unspecified atom stereocenters. The van der Waals surface area contributed by atoms with Gasteiger partial charge in [0.15, 0.2) is 0 Å². The average molecular weight is 373 g/mol. The summed E-state index contributed by atoms with van der Waals surface area (Å²) in [5.74, 6) is -0.0953. The predicted molar refractivity (Wildman–Crippen MR) is 105 cm³/mol. The lowest BCUT2D eigenvalue weighted by Crippen LogP contribution is -2.21. The monoisotopic (exact) mass is 372 g/mol. The van der Waals surface area contributed by atoms with E-state index < -0.39 is 0 Å². The van der Waals surface area contributed by atoms with Gasteiger partial charge in [0.1, 0.15) is 0 Å².